The van der Waals surface area contributed by atoms with Gasteiger partial charge < -0.3 is 24.1 Å². The zero-order chi connectivity index (χ0) is 27.5. The molecule has 1 unspecified atom stereocenters. The van der Waals surface area contributed by atoms with Crippen LogP contribution in [0.15, 0.2) is 66.7 Å². The van der Waals surface area contributed by atoms with Crippen LogP contribution in [0.2, 0.25) is 5.02 Å². The van der Waals surface area contributed by atoms with Crippen molar-refractivity contribution in [3.05, 3.63) is 82.9 Å². The second-order valence-corrected chi connectivity index (χ2v) is 12.7. The van der Waals surface area contributed by atoms with Crippen molar-refractivity contribution >= 4 is 28.2 Å². The number of carbonyl (C=O) groups is 1. The summed E-state index contributed by atoms with van der Waals surface area (Å²) in [6.45, 7) is 1.05. The zero-order valence-electron chi connectivity index (χ0n) is 21.3. The van der Waals surface area contributed by atoms with Crippen molar-refractivity contribution in [2.45, 2.75) is 18.6 Å². The molecule has 0 aliphatic carbocycles. The quantitative estimate of drug-likeness (QED) is 0.253. The maximum atomic E-state index is 10.9. The van der Waals surface area contributed by atoms with Crippen molar-refractivity contribution < 1.29 is 38.0 Å². The molecule has 3 aromatic carbocycles. The standard InChI is InChI=1S/C29H31ClO8S/c30-27-13-25(37-15-21-10-11-39(33,34)17-21)8-9-26(27)22-3-1-2-20(12-22)14-36-24-6-4-23(5-7-24)29(18-35-19-29)38-16-28(31)32/h1-9,12-13,21,33-34H,10-11,14-19H2,(H,31,32). The lowest BCUT2D eigenvalue weighted by Gasteiger charge is -2.41. The molecule has 0 aromatic heterocycles. The Balaban J connectivity index is 1.18. The van der Waals surface area contributed by atoms with Crippen LogP contribution in [0.4, 0.5) is 0 Å². The van der Waals surface area contributed by atoms with E-state index >= 15 is 0 Å². The van der Waals surface area contributed by atoms with E-state index in [2.05, 4.69) is 0 Å². The van der Waals surface area contributed by atoms with Gasteiger partial charge >= 0.3 is 5.97 Å². The minimum Gasteiger partial charge on any atom is -0.493 e. The molecule has 3 N–H and O–H groups in total. The fourth-order valence-corrected chi connectivity index (χ4v) is 6.91. The summed E-state index contributed by atoms with van der Waals surface area (Å²) in [6.07, 6.45) is 0.754. The van der Waals surface area contributed by atoms with E-state index in [-0.39, 0.29) is 12.5 Å². The fourth-order valence-electron chi connectivity index (χ4n) is 4.74. The molecule has 0 amide bonds. The number of benzene rings is 3. The number of rotatable bonds is 11. The van der Waals surface area contributed by atoms with Gasteiger partial charge in [0, 0.05) is 23.0 Å². The van der Waals surface area contributed by atoms with Gasteiger partial charge in [0.05, 0.1) is 24.8 Å². The molecule has 0 spiro atoms. The van der Waals surface area contributed by atoms with Crippen LogP contribution < -0.4 is 9.47 Å². The number of carboxylic acid groups (broad SMARTS) is 1. The number of carboxylic acids is 1. The maximum Gasteiger partial charge on any atom is 0.329 e. The largest absolute Gasteiger partial charge is 0.493 e. The molecule has 39 heavy (non-hydrogen) atoms. The van der Waals surface area contributed by atoms with Crippen LogP contribution in [0.25, 0.3) is 11.1 Å². The molecule has 0 bridgehead atoms. The van der Waals surface area contributed by atoms with E-state index < -0.39 is 22.2 Å². The number of aliphatic carboxylic acids is 1. The average Bonchev–Trinajstić information content (AvgIpc) is 3.25. The van der Waals surface area contributed by atoms with Crippen LogP contribution in [-0.2, 0) is 26.5 Å². The Kier molecular flexibility index (Phi) is 8.37. The first-order chi connectivity index (χ1) is 18.7. The van der Waals surface area contributed by atoms with E-state index in [0.29, 0.717) is 54.5 Å². The lowest BCUT2D eigenvalue weighted by Crippen LogP contribution is -2.49. The third-order valence-electron chi connectivity index (χ3n) is 6.95. The minimum absolute atomic E-state index is 0.139. The van der Waals surface area contributed by atoms with Crippen molar-refractivity contribution in [2.24, 2.45) is 5.92 Å². The lowest BCUT2D eigenvalue weighted by atomic mass is 9.91. The van der Waals surface area contributed by atoms with Crippen LogP contribution in [0, 0.1) is 5.92 Å². The Hall–Kier alpha value is -2.79. The Morgan fingerprint density at radius 2 is 1.79 bits per heavy atom. The van der Waals surface area contributed by atoms with Gasteiger partial charge in [0.25, 0.3) is 0 Å². The van der Waals surface area contributed by atoms with Crippen molar-refractivity contribution in [3.63, 3.8) is 0 Å². The molecule has 2 fully saturated rings. The molecule has 5 rings (SSSR count). The van der Waals surface area contributed by atoms with Gasteiger partial charge in [-0.05, 0) is 59.5 Å². The number of ether oxygens (including phenoxy) is 4. The summed E-state index contributed by atoms with van der Waals surface area (Å²) < 4.78 is 42.4. The Morgan fingerprint density at radius 3 is 2.44 bits per heavy atom. The highest BCUT2D eigenvalue weighted by Crippen LogP contribution is 2.48. The van der Waals surface area contributed by atoms with Crippen molar-refractivity contribution in [3.8, 4) is 22.6 Å². The summed E-state index contributed by atoms with van der Waals surface area (Å²) in [6, 6.07) is 21.0. The number of hydrogen-bond acceptors (Lipinski definition) is 7. The summed E-state index contributed by atoms with van der Waals surface area (Å²) in [4.78, 5) is 10.9. The summed E-state index contributed by atoms with van der Waals surface area (Å²) in [5.41, 5.74) is 2.93. The molecular weight excluding hydrogens is 544 g/mol. The molecule has 2 saturated heterocycles. The monoisotopic (exact) mass is 574 g/mol. The van der Waals surface area contributed by atoms with E-state index in [4.69, 9.17) is 35.7 Å². The smallest absolute Gasteiger partial charge is 0.329 e. The van der Waals surface area contributed by atoms with Crippen LogP contribution in [0.1, 0.15) is 17.5 Å². The van der Waals surface area contributed by atoms with E-state index in [9.17, 15) is 13.9 Å². The lowest BCUT2D eigenvalue weighted by molar-refractivity contribution is -0.220. The first-order valence-electron chi connectivity index (χ1n) is 12.6. The van der Waals surface area contributed by atoms with Gasteiger partial charge in [-0.3, -0.25) is 9.11 Å². The highest BCUT2D eigenvalue weighted by molar-refractivity contribution is 8.24. The highest BCUT2D eigenvalue weighted by Gasteiger charge is 2.42. The van der Waals surface area contributed by atoms with E-state index in [1.54, 1.807) is 6.07 Å². The van der Waals surface area contributed by atoms with Gasteiger partial charge in [-0.15, -0.1) is 0 Å². The molecule has 8 nitrogen and oxygen atoms in total. The molecular formula is C29H31ClO8S. The Labute approximate surface area is 233 Å². The molecule has 0 saturated carbocycles. The SMILES string of the molecule is O=C(O)COC1(c2ccc(OCc3cccc(-c4ccc(OCC5CCS(O)(O)C5)cc4Cl)c3)cc2)COC1. The predicted molar refractivity (Wildman–Crippen MR) is 150 cm³/mol. The third-order valence-corrected chi connectivity index (χ3v) is 9.16. The molecule has 1 atom stereocenters. The van der Waals surface area contributed by atoms with E-state index in [0.717, 1.165) is 28.7 Å². The summed E-state index contributed by atoms with van der Waals surface area (Å²) in [5.74, 6) is 1.30. The van der Waals surface area contributed by atoms with Crippen molar-refractivity contribution in [2.75, 3.05) is 37.9 Å². The van der Waals surface area contributed by atoms with E-state index in [1.807, 2.05) is 60.7 Å². The summed E-state index contributed by atoms with van der Waals surface area (Å²) in [5, 5.41) is 9.51. The molecule has 2 heterocycles. The Morgan fingerprint density at radius 1 is 1.03 bits per heavy atom. The van der Waals surface area contributed by atoms with Gasteiger partial charge in [0.2, 0.25) is 0 Å². The fraction of sp³-hybridized carbons (Fsp3) is 0.345. The first kappa shape index (κ1) is 27.8. The van der Waals surface area contributed by atoms with Crippen LogP contribution in [-0.4, -0.2) is 58.1 Å². The zero-order valence-corrected chi connectivity index (χ0v) is 22.8. The highest BCUT2D eigenvalue weighted by atomic mass is 35.5. The maximum absolute atomic E-state index is 10.9. The molecule has 208 valence electrons. The van der Waals surface area contributed by atoms with Gasteiger partial charge in [-0.2, -0.15) is 10.6 Å². The first-order valence-corrected chi connectivity index (χ1v) is 14.9. The molecule has 2 aliphatic rings. The van der Waals surface area contributed by atoms with Gasteiger partial charge in [-0.1, -0.05) is 41.9 Å². The molecule has 10 heteroatoms. The van der Waals surface area contributed by atoms with Crippen LogP contribution >= 0.6 is 22.2 Å². The van der Waals surface area contributed by atoms with E-state index in [1.165, 1.54) is 0 Å². The average molecular weight is 575 g/mol. The predicted octanol–water partition coefficient (Wildman–Crippen LogP) is 6.06. The topological polar surface area (TPSA) is 115 Å². The van der Waals surface area contributed by atoms with Gasteiger partial charge in [0.15, 0.2) is 0 Å². The van der Waals surface area contributed by atoms with Gasteiger partial charge in [0.1, 0.15) is 30.3 Å². The minimum atomic E-state index is -2.43. The molecule has 0 radical (unpaired) electrons. The second-order valence-electron chi connectivity index (χ2n) is 9.96. The number of hydrogen-bond donors (Lipinski definition) is 3. The second kappa shape index (κ2) is 11.8. The van der Waals surface area contributed by atoms with Crippen LogP contribution in [0.3, 0.4) is 0 Å². The van der Waals surface area contributed by atoms with Gasteiger partial charge in [-0.25, -0.2) is 4.79 Å². The van der Waals surface area contributed by atoms with Crippen molar-refractivity contribution in [1.82, 2.24) is 0 Å². The Bertz CT molecular complexity index is 1310. The number of halogens is 1. The summed E-state index contributed by atoms with van der Waals surface area (Å²) in [7, 11) is -2.43. The normalized spacial score (nSPS) is 20.1. The van der Waals surface area contributed by atoms with Crippen LogP contribution in [0.5, 0.6) is 11.5 Å². The summed E-state index contributed by atoms with van der Waals surface area (Å²) >= 11 is 6.60. The van der Waals surface area contributed by atoms with Crippen molar-refractivity contribution in [1.29, 1.82) is 0 Å². The molecule has 2 aliphatic heterocycles. The third kappa shape index (κ3) is 6.87. The molecule has 3 aromatic rings.